The molecule has 1 amide bonds. The number of amides is 1. The zero-order valence-corrected chi connectivity index (χ0v) is 9.64. The van der Waals surface area contributed by atoms with Crippen molar-refractivity contribution in [3.05, 3.63) is 23.9 Å². The summed E-state index contributed by atoms with van der Waals surface area (Å²) in [4.78, 5) is 17.6. The van der Waals surface area contributed by atoms with Crippen LogP contribution in [0.25, 0.3) is 0 Å². The molecule has 0 unspecified atom stereocenters. The molecule has 0 aliphatic rings. The molecule has 0 fully saturated rings. The molecule has 0 radical (unpaired) electrons. The van der Waals surface area contributed by atoms with Gasteiger partial charge in [0, 0.05) is 19.8 Å². The maximum Gasteiger partial charge on any atom is 0.259 e. The van der Waals surface area contributed by atoms with Gasteiger partial charge in [-0.15, -0.1) is 0 Å². The monoisotopic (exact) mass is 223 g/mol. The van der Waals surface area contributed by atoms with Crippen molar-refractivity contribution < 1.29 is 9.53 Å². The Bertz CT molecular complexity index is 355. The van der Waals surface area contributed by atoms with Gasteiger partial charge < -0.3 is 15.4 Å². The summed E-state index contributed by atoms with van der Waals surface area (Å²) in [5, 5.41) is 0. The first-order valence-electron chi connectivity index (χ1n) is 5.15. The van der Waals surface area contributed by atoms with E-state index >= 15 is 0 Å². The number of nitrogens with two attached hydrogens (primary N) is 1. The van der Waals surface area contributed by atoms with Crippen LogP contribution in [-0.2, 0) is 0 Å². The van der Waals surface area contributed by atoms with Crippen LogP contribution in [-0.4, -0.2) is 43.0 Å². The van der Waals surface area contributed by atoms with Crippen LogP contribution in [0.2, 0.25) is 0 Å². The van der Waals surface area contributed by atoms with Gasteiger partial charge in [-0.25, -0.2) is 4.98 Å². The summed E-state index contributed by atoms with van der Waals surface area (Å²) in [6.45, 7) is 1.20. The maximum absolute atomic E-state index is 12.0. The van der Waals surface area contributed by atoms with Gasteiger partial charge >= 0.3 is 0 Å². The third-order valence-corrected chi connectivity index (χ3v) is 2.24. The Morgan fingerprint density at radius 3 is 3.00 bits per heavy atom. The number of hydrogen-bond acceptors (Lipinski definition) is 4. The molecule has 0 atom stereocenters. The second-order valence-corrected chi connectivity index (χ2v) is 3.43. The lowest BCUT2D eigenvalue weighted by atomic mass is 10.2. The third kappa shape index (κ3) is 2.93. The smallest absolute Gasteiger partial charge is 0.259 e. The summed E-state index contributed by atoms with van der Waals surface area (Å²) in [5.41, 5.74) is 5.87. The fourth-order valence-corrected chi connectivity index (χ4v) is 1.35. The molecule has 0 bridgehead atoms. The fraction of sp³-hybridized carbons (Fsp3) is 0.455. The minimum Gasteiger partial charge on any atom is -0.480 e. The molecule has 0 aromatic carbocycles. The van der Waals surface area contributed by atoms with E-state index in [2.05, 4.69) is 4.98 Å². The number of nitrogens with zero attached hydrogens (tertiary/aromatic N) is 2. The second kappa shape index (κ2) is 6.07. The minimum atomic E-state index is -0.0987. The number of carbonyl (C=O) groups is 1. The van der Waals surface area contributed by atoms with E-state index in [1.54, 1.807) is 30.3 Å². The highest BCUT2D eigenvalue weighted by molar-refractivity contribution is 5.96. The van der Waals surface area contributed by atoms with E-state index in [1.165, 1.54) is 7.11 Å². The predicted molar refractivity (Wildman–Crippen MR) is 61.4 cm³/mol. The van der Waals surface area contributed by atoms with Crippen molar-refractivity contribution in [3.8, 4) is 5.88 Å². The number of pyridine rings is 1. The molecule has 1 rings (SSSR count). The molecule has 0 saturated carbocycles. The summed E-state index contributed by atoms with van der Waals surface area (Å²) >= 11 is 0. The van der Waals surface area contributed by atoms with E-state index in [4.69, 9.17) is 10.5 Å². The predicted octanol–water partition coefficient (Wildman–Crippen LogP) is 0.511. The van der Waals surface area contributed by atoms with E-state index in [-0.39, 0.29) is 5.91 Å². The Labute approximate surface area is 95.2 Å². The van der Waals surface area contributed by atoms with Gasteiger partial charge in [-0.3, -0.25) is 4.79 Å². The Balaban J connectivity index is 2.79. The lowest BCUT2D eigenvalue weighted by Gasteiger charge is -2.17. The molecule has 0 spiro atoms. The molecule has 1 heterocycles. The second-order valence-electron chi connectivity index (χ2n) is 3.43. The van der Waals surface area contributed by atoms with E-state index in [0.717, 1.165) is 6.42 Å². The Hall–Kier alpha value is -1.62. The van der Waals surface area contributed by atoms with Gasteiger partial charge in [-0.1, -0.05) is 0 Å². The van der Waals surface area contributed by atoms with Crippen molar-refractivity contribution in [2.24, 2.45) is 5.73 Å². The standard InChI is InChI=1S/C11H17N3O2/c1-14(8-4-6-12)11(15)9-5-3-7-13-10(9)16-2/h3,5,7H,4,6,8,12H2,1-2H3. The number of carbonyl (C=O) groups excluding carboxylic acids is 1. The molecule has 1 aromatic heterocycles. The largest absolute Gasteiger partial charge is 0.480 e. The van der Waals surface area contributed by atoms with E-state index in [0.29, 0.717) is 24.5 Å². The molecule has 0 aliphatic heterocycles. The fourth-order valence-electron chi connectivity index (χ4n) is 1.35. The van der Waals surface area contributed by atoms with Crippen molar-refractivity contribution in [2.45, 2.75) is 6.42 Å². The van der Waals surface area contributed by atoms with Crippen LogP contribution in [0.4, 0.5) is 0 Å². The first kappa shape index (κ1) is 12.4. The number of rotatable bonds is 5. The van der Waals surface area contributed by atoms with Crippen molar-refractivity contribution in [3.63, 3.8) is 0 Å². The molecule has 5 nitrogen and oxygen atoms in total. The van der Waals surface area contributed by atoms with Crippen LogP contribution < -0.4 is 10.5 Å². The lowest BCUT2D eigenvalue weighted by Crippen LogP contribution is -2.29. The van der Waals surface area contributed by atoms with Crippen LogP contribution in [0.1, 0.15) is 16.8 Å². The molecule has 0 aliphatic carbocycles. The number of methoxy groups -OCH3 is 1. The molecule has 2 N–H and O–H groups in total. The quantitative estimate of drug-likeness (QED) is 0.789. The molecule has 88 valence electrons. The molecular weight excluding hydrogens is 206 g/mol. The Morgan fingerprint density at radius 2 is 2.38 bits per heavy atom. The highest BCUT2D eigenvalue weighted by Gasteiger charge is 2.16. The third-order valence-electron chi connectivity index (χ3n) is 2.24. The Morgan fingerprint density at radius 1 is 1.62 bits per heavy atom. The summed E-state index contributed by atoms with van der Waals surface area (Å²) < 4.78 is 5.04. The van der Waals surface area contributed by atoms with Crippen molar-refractivity contribution in [1.29, 1.82) is 0 Å². The molecular formula is C11H17N3O2. The summed E-state index contributed by atoms with van der Waals surface area (Å²) in [6.07, 6.45) is 2.38. The molecule has 1 aromatic rings. The van der Waals surface area contributed by atoms with E-state index in [9.17, 15) is 4.79 Å². The Kier molecular flexibility index (Phi) is 4.72. The first-order valence-corrected chi connectivity index (χ1v) is 5.15. The van der Waals surface area contributed by atoms with Gasteiger partial charge in [-0.05, 0) is 25.1 Å². The van der Waals surface area contributed by atoms with Crippen molar-refractivity contribution in [1.82, 2.24) is 9.88 Å². The summed E-state index contributed by atoms with van der Waals surface area (Å²) in [7, 11) is 3.24. The van der Waals surface area contributed by atoms with Gasteiger partial charge in [0.2, 0.25) is 5.88 Å². The molecule has 16 heavy (non-hydrogen) atoms. The van der Waals surface area contributed by atoms with Gasteiger partial charge in [0.15, 0.2) is 0 Å². The summed E-state index contributed by atoms with van der Waals surface area (Å²) in [6, 6.07) is 3.42. The zero-order valence-electron chi connectivity index (χ0n) is 9.64. The van der Waals surface area contributed by atoms with E-state index < -0.39 is 0 Å². The van der Waals surface area contributed by atoms with Gasteiger partial charge in [0.25, 0.3) is 5.91 Å². The topological polar surface area (TPSA) is 68.5 Å². The van der Waals surface area contributed by atoms with E-state index in [1.807, 2.05) is 0 Å². The SMILES string of the molecule is COc1ncccc1C(=O)N(C)CCCN. The number of ether oxygens (including phenoxy) is 1. The molecule has 0 saturated heterocycles. The number of aromatic nitrogens is 1. The van der Waals surface area contributed by atoms with Gasteiger partial charge in [-0.2, -0.15) is 0 Å². The highest BCUT2D eigenvalue weighted by atomic mass is 16.5. The van der Waals surface area contributed by atoms with Gasteiger partial charge in [0.05, 0.1) is 7.11 Å². The molecule has 5 heteroatoms. The highest BCUT2D eigenvalue weighted by Crippen LogP contribution is 2.15. The minimum absolute atomic E-state index is 0.0987. The maximum atomic E-state index is 12.0. The number of hydrogen-bond donors (Lipinski definition) is 1. The van der Waals surface area contributed by atoms with Crippen LogP contribution in [0.5, 0.6) is 5.88 Å². The normalized spacial score (nSPS) is 9.94. The van der Waals surface area contributed by atoms with Gasteiger partial charge in [0.1, 0.15) is 5.56 Å². The average molecular weight is 223 g/mol. The summed E-state index contributed by atoms with van der Waals surface area (Å²) in [5.74, 6) is 0.255. The zero-order chi connectivity index (χ0) is 12.0. The van der Waals surface area contributed by atoms with Crippen molar-refractivity contribution >= 4 is 5.91 Å². The lowest BCUT2D eigenvalue weighted by molar-refractivity contribution is 0.0790. The van der Waals surface area contributed by atoms with Crippen LogP contribution in [0.3, 0.4) is 0 Å². The van der Waals surface area contributed by atoms with Crippen LogP contribution in [0, 0.1) is 0 Å². The van der Waals surface area contributed by atoms with Crippen LogP contribution >= 0.6 is 0 Å². The first-order chi connectivity index (χ1) is 7.70. The van der Waals surface area contributed by atoms with Crippen LogP contribution in [0.15, 0.2) is 18.3 Å². The average Bonchev–Trinajstić information content (AvgIpc) is 2.34. The van der Waals surface area contributed by atoms with Crippen molar-refractivity contribution in [2.75, 3.05) is 27.2 Å².